The molecule has 5 rings (SSSR count). The number of benzene rings is 2. The molecule has 2 heterocycles. The molecule has 0 fully saturated rings. The van der Waals surface area contributed by atoms with Crippen LogP contribution in [-0.2, 0) is 4.79 Å². The lowest BCUT2D eigenvalue weighted by Crippen LogP contribution is -2.27. The summed E-state index contributed by atoms with van der Waals surface area (Å²) in [6.45, 7) is 4.41. The Balaban J connectivity index is 1.71. The van der Waals surface area contributed by atoms with E-state index in [2.05, 4.69) is 66.6 Å². The number of fused-ring (bicyclic) bond motifs is 4. The van der Waals surface area contributed by atoms with Gasteiger partial charge in [0.2, 0.25) is 0 Å². The van der Waals surface area contributed by atoms with Crippen molar-refractivity contribution in [3.63, 3.8) is 0 Å². The average molecular weight is 368 g/mol. The fourth-order valence-electron chi connectivity index (χ4n) is 4.61. The highest BCUT2D eigenvalue weighted by molar-refractivity contribution is 6.12. The first kappa shape index (κ1) is 17.2. The summed E-state index contributed by atoms with van der Waals surface area (Å²) in [4.78, 5) is 17.5. The Morgan fingerprint density at radius 3 is 2.64 bits per heavy atom. The van der Waals surface area contributed by atoms with Crippen LogP contribution in [0.2, 0.25) is 0 Å². The van der Waals surface area contributed by atoms with Crippen molar-refractivity contribution < 1.29 is 4.79 Å². The van der Waals surface area contributed by atoms with E-state index in [1.165, 1.54) is 16.7 Å². The molecule has 3 aromatic rings. The molecule has 1 aliphatic heterocycles. The molecule has 1 atom stereocenters. The van der Waals surface area contributed by atoms with Gasteiger partial charge < -0.3 is 5.32 Å². The molecule has 28 heavy (non-hydrogen) atoms. The van der Waals surface area contributed by atoms with Gasteiger partial charge in [0.1, 0.15) is 0 Å². The Labute approximate surface area is 165 Å². The summed E-state index contributed by atoms with van der Waals surface area (Å²) in [7, 11) is 0. The van der Waals surface area contributed by atoms with E-state index in [0.717, 1.165) is 40.6 Å². The third-order valence-electron chi connectivity index (χ3n) is 6.07. The summed E-state index contributed by atoms with van der Waals surface area (Å²) >= 11 is 0. The first-order valence-corrected chi connectivity index (χ1v) is 10.1. The van der Waals surface area contributed by atoms with Gasteiger partial charge in [-0.1, -0.05) is 44.2 Å². The van der Waals surface area contributed by atoms with Crippen molar-refractivity contribution in [2.24, 2.45) is 0 Å². The zero-order chi connectivity index (χ0) is 19.3. The number of hydrogen-bond acceptors (Lipinski definition) is 3. The highest BCUT2D eigenvalue weighted by atomic mass is 16.1. The van der Waals surface area contributed by atoms with Crippen LogP contribution in [0.5, 0.6) is 0 Å². The quantitative estimate of drug-likeness (QED) is 0.600. The number of Topliss-reactive ketones (excluding diaryl/α,β-unsaturated/α-hetero) is 1. The first-order valence-electron chi connectivity index (χ1n) is 10.1. The van der Waals surface area contributed by atoms with E-state index in [-0.39, 0.29) is 11.8 Å². The van der Waals surface area contributed by atoms with Crippen molar-refractivity contribution in [3.8, 4) is 0 Å². The van der Waals surface area contributed by atoms with Crippen LogP contribution in [-0.4, -0.2) is 10.8 Å². The van der Waals surface area contributed by atoms with Crippen molar-refractivity contribution in [1.29, 1.82) is 0 Å². The molecule has 0 radical (unpaired) electrons. The second kappa shape index (κ2) is 6.59. The smallest absolute Gasteiger partial charge is 0.161 e. The number of hydrogen-bond donors (Lipinski definition) is 1. The van der Waals surface area contributed by atoms with Gasteiger partial charge in [-0.15, -0.1) is 0 Å². The first-order chi connectivity index (χ1) is 13.6. The SMILES string of the molecule is CC(C)c1ccc([C@H]2Nc3ccc4ncccc4c3C3=C2C(=O)CCC3)cc1. The predicted molar refractivity (Wildman–Crippen MR) is 114 cm³/mol. The van der Waals surface area contributed by atoms with E-state index in [4.69, 9.17) is 0 Å². The van der Waals surface area contributed by atoms with Gasteiger partial charge in [0, 0.05) is 34.8 Å². The number of pyridine rings is 1. The molecule has 1 aromatic heterocycles. The fourth-order valence-corrected chi connectivity index (χ4v) is 4.61. The van der Waals surface area contributed by atoms with Crippen LogP contribution in [0.1, 0.15) is 61.8 Å². The molecule has 3 heteroatoms. The van der Waals surface area contributed by atoms with Crippen LogP contribution in [0.15, 0.2) is 60.3 Å². The molecule has 0 amide bonds. The van der Waals surface area contributed by atoms with Crippen molar-refractivity contribution in [1.82, 2.24) is 4.98 Å². The number of allylic oxidation sites excluding steroid dienone is 1. The summed E-state index contributed by atoms with van der Waals surface area (Å²) in [5.41, 5.74) is 7.89. The molecule has 0 spiro atoms. The fraction of sp³-hybridized carbons (Fsp3) is 0.280. The maximum atomic E-state index is 13.0. The third-order valence-corrected chi connectivity index (χ3v) is 6.07. The lowest BCUT2D eigenvalue weighted by atomic mass is 9.77. The number of carbonyl (C=O) groups is 1. The molecule has 0 unspecified atom stereocenters. The predicted octanol–water partition coefficient (Wildman–Crippen LogP) is 6.03. The summed E-state index contributed by atoms with van der Waals surface area (Å²) in [5, 5.41) is 4.81. The summed E-state index contributed by atoms with van der Waals surface area (Å²) in [6.07, 6.45) is 4.34. The van der Waals surface area contributed by atoms with E-state index in [1.54, 1.807) is 0 Å². The molecule has 1 aliphatic carbocycles. The number of ketones is 1. The molecule has 0 bridgehead atoms. The Morgan fingerprint density at radius 2 is 1.86 bits per heavy atom. The molecule has 0 saturated carbocycles. The van der Waals surface area contributed by atoms with Gasteiger partial charge in [0.15, 0.2) is 5.78 Å². The Morgan fingerprint density at radius 1 is 1.04 bits per heavy atom. The number of aromatic nitrogens is 1. The van der Waals surface area contributed by atoms with Crippen molar-refractivity contribution in [2.45, 2.75) is 45.1 Å². The highest BCUT2D eigenvalue weighted by Crippen LogP contribution is 2.47. The van der Waals surface area contributed by atoms with Crippen LogP contribution in [0.3, 0.4) is 0 Å². The minimum atomic E-state index is -0.0781. The van der Waals surface area contributed by atoms with Gasteiger partial charge in [-0.05, 0) is 53.7 Å². The van der Waals surface area contributed by atoms with Crippen molar-refractivity contribution >= 4 is 27.9 Å². The largest absolute Gasteiger partial charge is 0.373 e. The van der Waals surface area contributed by atoms with Crippen LogP contribution >= 0.6 is 0 Å². The minimum absolute atomic E-state index is 0.0781. The molecular weight excluding hydrogens is 344 g/mol. The van der Waals surface area contributed by atoms with Crippen molar-refractivity contribution in [3.05, 3.63) is 77.0 Å². The second-order valence-corrected chi connectivity index (χ2v) is 8.13. The number of nitrogens with one attached hydrogen (secondary N) is 1. The molecular formula is C25H24N2O. The lowest BCUT2D eigenvalue weighted by molar-refractivity contribution is -0.116. The van der Waals surface area contributed by atoms with Gasteiger partial charge >= 0.3 is 0 Å². The molecule has 3 nitrogen and oxygen atoms in total. The van der Waals surface area contributed by atoms with Gasteiger partial charge in [-0.3, -0.25) is 9.78 Å². The van der Waals surface area contributed by atoms with Gasteiger partial charge in [0.05, 0.1) is 11.6 Å². The normalized spacial score (nSPS) is 18.8. The van der Waals surface area contributed by atoms with E-state index in [1.807, 2.05) is 12.3 Å². The zero-order valence-corrected chi connectivity index (χ0v) is 16.3. The minimum Gasteiger partial charge on any atom is -0.373 e. The maximum absolute atomic E-state index is 13.0. The van der Waals surface area contributed by atoms with Gasteiger partial charge in [0.25, 0.3) is 0 Å². The molecule has 140 valence electrons. The van der Waals surface area contributed by atoms with E-state index < -0.39 is 0 Å². The number of carbonyl (C=O) groups excluding carboxylic acids is 1. The molecule has 0 saturated heterocycles. The van der Waals surface area contributed by atoms with E-state index in [9.17, 15) is 4.79 Å². The summed E-state index contributed by atoms with van der Waals surface area (Å²) < 4.78 is 0. The second-order valence-electron chi connectivity index (χ2n) is 8.13. The number of nitrogens with zero attached hydrogens (tertiary/aromatic N) is 1. The highest BCUT2D eigenvalue weighted by Gasteiger charge is 2.34. The number of anilines is 1. The molecule has 1 N–H and O–H groups in total. The Hall–Kier alpha value is -2.94. The van der Waals surface area contributed by atoms with Crippen LogP contribution in [0.4, 0.5) is 5.69 Å². The van der Waals surface area contributed by atoms with Gasteiger partial charge in [-0.2, -0.15) is 0 Å². The van der Waals surface area contributed by atoms with Crippen molar-refractivity contribution in [2.75, 3.05) is 5.32 Å². The topological polar surface area (TPSA) is 42.0 Å². The zero-order valence-electron chi connectivity index (χ0n) is 16.3. The summed E-state index contributed by atoms with van der Waals surface area (Å²) in [5.74, 6) is 0.775. The third kappa shape index (κ3) is 2.65. The van der Waals surface area contributed by atoms with Crippen LogP contribution in [0.25, 0.3) is 16.5 Å². The van der Waals surface area contributed by atoms with Crippen LogP contribution in [0, 0.1) is 0 Å². The van der Waals surface area contributed by atoms with E-state index >= 15 is 0 Å². The lowest BCUT2D eigenvalue weighted by Gasteiger charge is -2.35. The van der Waals surface area contributed by atoms with Crippen LogP contribution < -0.4 is 5.32 Å². The van der Waals surface area contributed by atoms with Gasteiger partial charge in [-0.25, -0.2) is 0 Å². The monoisotopic (exact) mass is 368 g/mol. The number of rotatable bonds is 2. The molecule has 2 aliphatic rings. The average Bonchev–Trinajstić information content (AvgIpc) is 2.73. The maximum Gasteiger partial charge on any atom is 0.161 e. The Bertz CT molecular complexity index is 1110. The summed E-state index contributed by atoms with van der Waals surface area (Å²) in [6, 6.07) is 16.9. The van der Waals surface area contributed by atoms with E-state index in [0.29, 0.717) is 12.3 Å². The molecule has 2 aromatic carbocycles. The standard InChI is InChI=1S/C25H24N2O/c1-15(2)16-8-10-17(11-9-16)25-24-19(5-3-7-22(24)28)23-18-6-4-14-26-20(18)12-13-21(23)27-25/h4,6,8-15,25,27H,3,5,7H2,1-2H3/t25-/m1/s1. The Kier molecular flexibility index (Phi) is 4.04.